The fraction of sp³-hybridized carbons (Fsp3) is 0.167. The minimum absolute atomic E-state index is 0.464. The van der Waals surface area contributed by atoms with Gasteiger partial charge in [0.25, 0.3) is 0 Å². The average molecular weight is 246 g/mol. The number of rotatable bonds is 1. The van der Waals surface area contributed by atoms with E-state index < -0.39 is 0 Å². The maximum Gasteiger partial charge on any atom is 0.150 e. The lowest BCUT2D eigenvalue weighted by atomic mass is 10.2. The normalized spacial score (nSPS) is 13.4. The zero-order valence-electron chi connectivity index (χ0n) is 8.85. The molecule has 3 rings (SSSR count). The molecule has 0 fully saturated rings. The summed E-state index contributed by atoms with van der Waals surface area (Å²) in [6.07, 6.45) is 0. The van der Waals surface area contributed by atoms with Gasteiger partial charge in [0.05, 0.1) is 24.6 Å². The molecule has 0 atom stereocenters. The number of fused-ring (bicyclic) bond motifs is 1. The van der Waals surface area contributed by atoms with Crippen molar-refractivity contribution < 1.29 is 4.74 Å². The fourth-order valence-corrected chi connectivity index (χ4v) is 2.02. The molecule has 0 amide bonds. The van der Waals surface area contributed by atoms with Crippen LogP contribution in [0, 0.1) is 11.3 Å². The molecule has 0 saturated heterocycles. The van der Waals surface area contributed by atoms with Crippen LogP contribution in [0.25, 0.3) is 5.69 Å². The Morgan fingerprint density at radius 1 is 1.29 bits per heavy atom. The molecule has 1 aliphatic heterocycles. The summed E-state index contributed by atoms with van der Waals surface area (Å²) in [6.45, 7) is 0.941. The Labute approximate surface area is 103 Å². The zero-order valence-corrected chi connectivity index (χ0v) is 9.61. The molecule has 0 radical (unpaired) electrons. The average Bonchev–Trinajstić information content (AvgIpc) is 2.89. The van der Waals surface area contributed by atoms with Gasteiger partial charge in [0, 0.05) is 10.6 Å². The van der Waals surface area contributed by atoms with E-state index in [0.29, 0.717) is 23.9 Å². The van der Waals surface area contributed by atoms with Gasteiger partial charge in [-0.05, 0) is 24.3 Å². The molecule has 0 spiro atoms. The zero-order chi connectivity index (χ0) is 11.8. The van der Waals surface area contributed by atoms with E-state index >= 15 is 0 Å². The van der Waals surface area contributed by atoms with Crippen molar-refractivity contribution in [2.75, 3.05) is 0 Å². The van der Waals surface area contributed by atoms with Gasteiger partial charge in [0.1, 0.15) is 11.8 Å². The maximum absolute atomic E-state index is 9.19. The molecule has 1 aromatic carbocycles. The van der Waals surface area contributed by atoms with E-state index in [1.807, 2.05) is 12.1 Å². The molecule has 4 nitrogen and oxygen atoms in total. The van der Waals surface area contributed by atoms with Crippen LogP contribution in [0.15, 0.2) is 24.3 Å². The van der Waals surface area contributed by atoms with E-state index in [0.717, 1.165) is 16.9 Å². The Bertz CT molecular complexity index is 610. The summed E-state index contributed by atoms with van der Waals surface area (Å²) in [5.41, 5.74) is 3.11. The van der Waals surface area contributed by atoms with Gasteiger partial charge >= 0.3 is 0 Å². The number of hydrogen-bond acceptors (Lipinski definition) is 3. The monoisotopic (exact) mass is 245 g/mol. The van der Waals surface area contributed by atoms with Crippen molar-refractivity contribution >= 4 is 11.6 Å². The number of nitriles is 1. The molecule has 2 heterocycles. The first-order valence-electron chi connectivity index (χ1n) is 5.14. The molecule has 1 aromatic heterocycles. The van der Waals surface area contributed by atoms with Crippen LogP contribution in [0.1, 0.15) is 17.0 Å². The molecule has 0 aliphatic carbocycles. The molecule has 5 heteroatoms. The van der Waals surface area contributed by atoms with Crippen LogP contribution in [0.4, 0.5) is 0 Å². The number of benzene rings is 1. The van der Waals surface area contributed by atoms with Crippen molar-refractivity contribution in [1.29, 1.82) is 5.26 Å². The van der Waals surface area contributed by atoms with E-state index in [1.54, 1.807) is 16.8 Å². The Morgan fingerprint density at radius 2 is 2.06 bits per heavy atom. The molecule has 0 N–H and O–H groups in total. The predicted octanol–water partition coefficient (Wildman–Crippen LogP) is 2.43. The van der Waals surface area contributed by atoms with Crippen molar-refractivity contribution in [3.8, 4) is 11.8 Å². The molecule has 0 bridgehead atoms. The fourth-order valence-electron chi connectivity index (χ4n) is 1.90. The highest BCUT2D eigenvalue weighted by Crippen LogP contribution is 2.25. The summed E-state index contributed by atoms with van der Waals surface area (Å²) in [5.74, 6) is 0. The van der Waals surface area contributed by atoms with Crippen LogP contribution >= 0.6 is 11.6 Å². The number of aromatic nitrogens is 2. The molecule has 0 saturated carbocycles. The third-order valence-electron chi connectivity index (χ3n) is 2.73. The number of hydrogen-bond donors (Lipinski definition) is 0. The SMILES string of the molecule is N#Cc1c2c(nn1-c1ccc(Cl)cc1)COC2. The largest absolute Gasteiger partial charge is 0.370 e. The van der Waals surface area contributed by atoms with Gasteiger partial charge in [-0.15, -0.1) is 0 Å². The van der Waals surface area contributed by atoms with Crippen LogP contribution in [-0.2, 0) is 18.0 Å². The van der Waals surface area contributed by atoms with Crippen LogP contribution in [0.5, 0.6) is 0 Å². The number of nitrogens with zero attached hydrogens (tertiary/aromatic N) is 3. The lowest BCUT2D eigenvalue weighted by Gasteiger charge is -2.04. The van der Waals surface area contributed by atoms with Gasteiger partial charge in [-0.3, -0.25) is 0 Å². The minimum atomic E-state index is 0.464. The van der Waals surface area contributed by atoms with E-state index in [9.17, 15) is 5.26 Å². The molecule has 17 heavy (non-hydrogen) atoms. The van der Waals surface area contributed by atoms with Gasteiger partial charge in [-0.2, -0.15) is 10.4 Å². The van der Waals surface area contributed by atoms with Gasteiger partial charge in [0.2, 0.25) is 0 Å². The second-order valence-electron chi connectivity index (χ2n) is 3.77. The standard InChI is InChI=1S/C12H8ClN3O/c13-8-1-3-9(4-2-8)16-12(5-14)10-6-17-7-11(10)15-16/h1-4H,6-7H2. The van der Waals surface area contributed by atoms with E-state index in [1.165, 1.54) is 0 Å². The molecule has 84 valence electrons. The highest BCUT2D eigenvalue weighted by Gasteiger charge is 2.23. The van der Waals surface area contributed by atoms with Gasteiger partial charge in [0.15, 0.2) is 0 Å². The van der Waals surface area contributed by atoms with E-state index in [2.05, 4.69) is 11.2 Å². The third-order valence-corrected chi connectivity index (χ3v) is 2.98. The first kappa shape index (κ1) is 10.3. The first-order chi connectivity index (χ1) is 8.29. The predicted molar refractivity (Wildman–Crippen MR) is 61.8 cm³/mol. The van der Waals surface area contributed by atoms with Gasteiger partial charge in [-0.1, -0.05) is 11.6 Å². The molecular formula is C12H8ClN3O. The Morgan fingerprint density at radius 3 is 2.76 bits per heavy atom. The summed E-state index contributed by atoms with van der Waals surface area (Å²) >= 11 is 5.83. The highest BCUT2D eigenvalue weighted by molar-refractivity contribution is 6.30. The summed E-state index contributed by atoms with van der Waals surface area (Å²) in [4.78, 5) is 0. The second-order valence-corrected chi connectivity index (χ2v) is 4.20. The first-order valence-corrected chi connectivity index (χ1v) is 5.52. The molecule has 0 unspecified atom stereocenters. The molecule has 2 aromatic rings. The maximum atomic E-state index is 9.19. The van der Waals surface area contributed by atoms with Crippen molar-refractivity contribution in [2.24, 2.45) is 0 Å². The van der Waals surface area contributed by atoms with E-state index in [-0.39, 0.29) is 0 Å². The quantitative estimate of drug-likeness (QED) is 0.775. The summed E-state index contributed by atoms with van der Waals surface area (Å²) in [6, 6.07) is 9.41. The topological polar surface area (TPSA) is 50.8 Å². The van der Waals surface area contributed by atoms with Crippen LogP contribution in [0.3, 0.4) is 0 Å². The summed E-state index contributed by atoms with van der Waals surface area (Å²) in [7, 11) is 0. The van der Waals surface area contributed by atoms with Crippen molar-refractivity contribution in [3.63, 3.8) is 0 Å². The smallest absolute Gasteiger partial charge is 0.150 e. The summed E-state index contributed by atoms with van der Waals surface area (Å²) in [5, 5.41) is 14.2. The third kappa shape index (κ3) is 1.60. The van der Waals surface area contributed by atoms with Crippen LogP contribution < -0.4 is 0 Å². The Balaban J connectivity index is 2.16. The Hall–Kier alpha value is -1.83. The van der Waals surface area contributed by atoms with Crippen molar-refractivity contribution in [2.45, 2.75) is 13.2 Å². The second kappa shape index (κ2) is 3.88. The van der Waals surface area contributed by atoms with Gasteiger partial charge in [-0.25, -0.2) is 4.68 Å². The van der Waals surface area contributed by atoms with E-state index in [4.69, 9.17) is 16.3 Å². The van der Waals surface area contributed by atoms with Crippen LogP contribution in [0.2, 0.25) is 5.02 Å². The molecule has 1 aliphatic rings. The van der Waals surface area contributed by atoms with Crippen molar-refractivity contribution in [3.05, 3.63) is 46.2 Å². The Kier molecular flexibility index (Phi) is 2.36. The lowest BCUT2D eigenvalue weighted by Crippen LogP contribution is -2.01. The summed E-state index contributed by atoms with van der Waals surface area (Å²) < 4.78 is 6.90. The number of halogens is 1. The molecular weight excluding hydrogens is 238 g/mol. The van der Waals surface area contributed by atoms with Gasteiger partial charge < -0.3 is 4.74 Å². The highest BCUT2D eigenvalue weighted by atomic mass is 35.5. The minimum Gasteiger partial charge on any atom is -0.370 e. The van der Waals surface area contributed by atoms with Crippen LogP contribution in [-0.4, -0.2) is 9.78 Å². The van der Waals surface area contributed by atoms with Crippen molar-refractivity contribution in [1.82, 2.24) is 9.78 Å². The lowest BCUT2D eigenvalue weighted by molar-refractivity contribution is 0.131. The number of ether oxygens (including phenoxy) is 1.